The van der Waals surface area contributed by atoms with Crippen LogP contribution in [-0.2, 0) is 9.59 Å². The standard InChI is InChI=1S/C10H10FN3O4/c11-8-5(2-1-3-13-8)9(16)14-6(10(17)18)4-7(12)15/h1-3,6H,4H2,(H2,12,15)(H,14,16)(H,17,18)/t6-/m1/s1. The van der Waals surface area contributed by atoms with E-state index < -0.39 is 41.8 Å². The molecular formula is C10H10FN3O4. The second-order valence-electron chi connectivity index (χ2n) is 3.38. The average Bonchev–Trinajstić information content (AvgIpc) is 2.27. The molecule has 0 bridgehead atoms. The first-order valence-corrected chi connectivity index (χ1v) is 4.84. The smallest absolute Gasteiger partial charge is 0.326 e. The van der Waals surface area contributed by atoms with Gasteiger partial charge in [-0.05, 0) is 12.1 Å². The van der Waals surface area contributed by atoms with E-state index in [4.69, 9.17) is 10.8 Å². The molecule has 0 saturated heterocycles. The highest BCUT2D eigenvalue weighted by molar-refractivity contribution is 5.97. The zero-order chi connectivity index (χ0) is 13.7. The number of aromatic nitrogens is 1. The maximum Gasteiger partial charge on any atom is 0.326 e. The number of nitrogens with zero attached hydrogens (tertiary/aromatic N) is 1. The Balaban J connectivity index is 2.82. The molecule has 7 nitrogen and oxygen atoms in total. The van der Waals surface area contributed by atoms with E-state index in [0.717, 1.165) is 12.3 Å². The monoisotopic (exact) mass is 255 g/mol. The van der Waals surface area contributed by atoms with Crippen molar-refractivity contribution in [1.29, 1.82) is 0 Å². The van der Waals surface area contributed by atoms with Crippen molar-refractivity contribution in [3.63, 3.8) is 0 Å². The van der Waals surface area contributed by atoms with E-state index in [9.17, 15) is 18.8 Å². The molecule has 0 aliphatic rings. The zero-order valence-electron chi connectivity index (χ0n) is 9.09. The molecule has 96 valence electrons. The first-order valence-electron chi connectivity index (χ1n) is 4.84. The number of primary amides is 1. The molecule has 1 atom stereocenters. The van der Waals surface area contributed by atoms with Crippen molar-refractivity contribution in [3.05, 3.63) is 29.8 Å². The van der Waals surface area contributed by atoms with Gasteiger partial charge in [0.2, 0.25) is 11.9 Å². The van der Waals surface area contributed by atoms with Gasteiger partial charge in [0.05, 0.1) is 12.0 Å². The molecule has 0 aromatic carbocycles. The minimum atomic E-state index is -1.50. The summed E-state index contributed by atoms with van der Waals surface area (Å²) in [5.41, 5.74) is 4.43. The van der Waals surface area contributed by atoms with Gasteiger partial charge in [0.25, 0.3) is 5.91 Å². The van der Waals surface area contributed by atoms with E-state index in [0.29, 0.717) is 0 Å². The fourth-order valence-corrected chi connectivity index (χ4v) is 1.19. The molecular weight excluding hydrogens is 245 g/mol. The zero-order valence-corrected chi connectivity index (χ0v) is 9.09. The van der Waals surface area contributed by atoms with Crippen LogP contribution in [-0.4, -0.2) is 33.9 Å². The number of rotatable bonds is 5. The van der Waals surface area contributed by atoms with Crippen molar-refractivity contribution in [3.8, 4) is 0 Å². The van der Waals surface area contributed by atoms with Crippen LogP contribution in [0.3, 0.4) is 0 Å². The summed E-state index contributed by atoms with van der Waals surface area (Å²) >= 11 is 0. The van der Waals surface area contributed by atoms with Gasteiger partial charge in [-0.15, -0.1) is 0 Å². The van der Waals surface area contributed by atoms with Crippen molar-refractivity contribution in [1.82, 2.24) is 10.3 Å². The normalized spacial score (nSPS) is 11.6. The Morgan fingerprint density at radius 2 is 2.17 bits per heavy atom. The molecule has 1 heterocycles. The second kappa shape index (κ2) is 5.71. The maximum atomic E-state index is 13.1. The Kier molecular flexibility index (Phi) is 4.30. The summed E-state index contributed by atoms with van der Waals surface area (Å²) < 4.78 is 13.1. The molecule has 2 amide bonds. The van der Waals surface area contributed by atoms with Crippen LogP contribution in [0, 0.1) is 5.95 Å². The van der Waals surface area contributed by atoms with E-state index in [1.807, 2.05) is 5.32 Å². The fraction of sp³-hybridized carbons (Fsp3) is 0.200. The molecule has 4 N–H and O–H groups in total. The van der Waals surface area contributed by atoms with Gasteiger partial charge < -0.3 is 16.2 Å². The van der Waals surface area contributed by atoms with Crippen molar-refractivity contribution >= 4 is 17.8 Å². The highest BCUT2D eigenvalue weighted by Gasteiger charge is 2.24. The van der Waals surface area contributed by atoms with Gasteiger partial charge in [-0.2, -0.15) is 4.39 Å². The molecule has 8 heteroatoms. The van der Waals surface area contributed by atoms with Gasteiger partial charge in [-0.3, -0.25) is 9.59 Å². The first-order chi connectivity index (χ1) is 8.41. The van der Waals surface area contributed by atoms with Gasteiger partial charge in [0.15, 0.2) is 0 Å². The number of aliphatic carboxylic acids is 1. The average molecular weight is 255 g/mol. The number of nitrogens with two attached hydrogens (primary N) is 1. The Hall–Kier alpha value is -2.51. The van der Waals surface area contributed by atoms with Crippen molar-refractivity contribution in [2.24, 2.45) is 5.73 Å². The number of hydrogen-bond donors (Lipinski definition) is 3. The lowest BCUT2D eigenvalue weighted by Crippen LogP contribution is -2.43. The predicted molar refractivity (Wildman–Crippen MR) is 56.9 cm³/mol. The maximum absolute atomic E-state index is 13.1. The molecule has 0 fully saturated rings. The van der Waals surface area contributed by atoms with Gasteiger partial charge in [-0.25, -0.2) is 9.78 Å². The molecule has 0 spiro atoms. The predicted octanol–water partition coefficient (Wildman–Crippen LogP) is -0.721. The summed E-state index contributed by atoms with van der Waals surface area (Å²) in [6, 6.07) is 0.956. The minimum Gasteiger partial charge on any atom is -0.480 e. The molecule has 0 radical (unpaired) electrons. The Bertz CT molecular complexity index is 492. The summed E-state index contributed by atoms with van der Waals surface area (Å²) in [5.74, 6) is -4.34. The highest BCUT2D eigenvalue weighted by atomic mass is 19.1. The minimum absolute atomic E-state index is 0.409. The van der Waals surface area contributed by atoms with E-state index >= 15 is 0 Å². The Labute approximate surface area is 101 Å². The number of amides is 2. The van der Waals surface area contributed by atoms with E-state index in [1.165, 1.54) is 6.07 Å². The van der Waals surface area contributed by atoms with Crippen LogP contribution in [0.2, 0.25) is 0 Å². The Morgan fingerprint density at radius 3 is 2.67 bits per heavy atom. The van der Waals surface area contributed by atoms with E-state index in [1.54, 1.807) is 0 Å². The van der Waals surface area contributed by atoms with Crippen LogP contribution in [0.5, 0.6) is 0 Å². The summed E-state index contributed by atoms with van der Waals surface area (Å²) in [6.45, 7) is 0. The summed E-state index contributed by atoms with van der Waals surface area (Å²) in [5, 5.41) is 10.7. The van der Waals surface area contributed by atoms with Gasteiger partial charge in [0, 0.05) is 6.20 Å². The van der Waals surface area contributed by atoms with E-state index in [-0.39, 0.29) is 0 Å². The van der Waals surface area contributed by atoms with Crippen LogP contribution in [0.4, 0.5) is 4.39 Å². The molecule has 0 unspecified atom stereocenters. The quantitative estimate of drug-likeness (QED) is 0.599. The van der Waals surface area contributed by atoms with E-state index in [2.05, 4.69) is 4.98 Å². The third-order valence-corrected chi connectivity index (χ3v) is 2.01. The van der Waals surface area contributed by atoms with Gasteiger partial charge in [-0.1, -0.05) is 0 Å². The SMILES string of the molecule is NC(=O)C[C@@H](NC(=O)c1cccnc1F)C(=O)O. The summed E-state index contributed by atoms with van der Waals surface area (Å²) in [6.07, 6.45) is 0.563. The highest BCUT2D eigenvalue weighted by Crippen LogP contribution is 2.04. The van der Waals surface area contributed by atoms with Crippen LogP contribution in [0.1, 0.15) is 16.8 Å². The lowest BCUT2D eigenvalue weighted by atomic mass is 10.1. The summed E-state index contributed by atoms with van der Waals surface area (Å²) in [7, 11) is 0. The largest absolute Gasteiger partial charge is 0.480 e. The molecule has 1 aromatic rings. The number of carboxylic acids is 1. The molecule has 1 aromatic heterocycles. The number of nitrogens with one attached hydrogen (secondary N) is 1. The molecule has 0 saturated carbocycles. The molecule has 0 aliphatic carbocycles. The fourth-order valence-electron chi connectivity index (χ4n) is 1.19. The third-order valence-electron chi connectivity index (χ3n) is 2.01. The molecule has 1 rings (SSSR count). The van der Waals surface area contributed by atoms with Gasteiger partial charge >= 0.3 is 5.97 Å². The summed E-state index contributed by atoms with van der Waals surface area (Å²) in [4.78, 5) is 36.2. The van der Waals surface area contributed by atoms with Crippen molar-refractivity contribution in [2.75, 3.05) is 0 Å². The van der Waals surface area contributed by atoms with Gasteiger partial charge in [0.1, 0.15) is 6.04 Å². The number of pyridine rings is 1. The van der Waals surface area contributed by atoms with Crippen LogP contribution in [0.25, 0.3) is 0 Å². The van der Waals surface area contributed by atoms with Crippen molar-refractivity contribution < 1.29 is 23.9 Å². The molecule has 0 aliphatic heterocycles. The number of hydrogen-bond acceptors (Lipinski definition) is 4. The van der Waals surface area contributed by atoms with Crippen LogP contribution < -0.4 is 11.1 Å². The van der Waals surface area contributed by atoms with Crippen LogP contribution in [0.15, 0.2) is 18.3 Å². The van der Waals surface area contributed by atoms with Crippen molar-refractivity contribution in [2.45, 2.75) is 12.5 Å². The number of carbonyl (C=O) groups is 3. The Morgan fingerprint density at radius 1 is 1.50 bits per heavy atom. The lowest BCUT2D eigenvalue weighted by Gasteiger charge is -2.12. The lowest BCUT2D eigenvalue weighted by molar-refractivity contribution is -0.140. The van der Waals surface area contributed by atoms with Crippen LogP contribution >= 0.6 is 0 Å². The molecule has 18 heavy (non-hydrogen) atoms. The first kappa shape index (κ1) is 13.6. The topological polar surface area (TPSA) is 122 Å². The number of halogens is 1. The number of carbonyl (C=O) groups excluding carboxylic acids is 2. The second-order valence-corrected chi connectivity index (χ2v) is 3.38. The number of carboxylic acid groups (broad SMARTS) is 1. The third kappa shape index (κ3) is 3.51.